The number of carbonyl (C=O) groups excluding carboxylic acids is 1. The molecule has 3 nitrogen and oxygen atoms in total. The number of fused-ring (bicyclic) bond motifs is 1. The maximum atomic E-state index is 13.3. The van der Waals surface area contributed by atoms with Crippen LogP contribution in [0.15, 0.2) is 58.5 Å². The fraction of sp³-hybridized carbons (Fsp3) is 0.320. The van der Waals surface area contributed by atoms with Crippen molar-refractivity contribution in [3.63, 3.8) is 0 Å². The minimum Gasteiger partial charge on any atom is -0.466 e. The van der Waals surface area contributed by atoms with Gasteiger partial charge < -0.3 is 10.2 Å². The Kier molecular flexibility index (Phi) is 4.41. The standard InChI is InChI=1S/C25H27NO2/c1-15-9-12-22(28-15)16(2)23-19(13-25(3,4)14-21(23)27)24-18-8-6-5-7-17(18)10-11-20(24)26/h5-12,16H,13-14,26H2,1-4H3. The van der Waals surface area contributed by atoms with Crippen LogP contribution in [-0.2, 0) is 4.79 Å². The third-order valence-corrected chi connectivity index (χ3v) is 5.80. The summed E-state index contributed by atoms with van der Waals surface area (Å²) < 4.78 is 5.88. The van der Waals surface area contributed by atoms with Gasteiger partial charge in [0.15, 0.2) is 5.78 Å². The van der Waals surface area contributed by atoms with E-state index in [1.165, 1.54) is 0 Å². The molecule has 1 atom stereocenters. The molecule has 3 aromatic rings. The predicted octanol–water partition coefficient (Wildman–Crippen LogP) is 6.27. The van der Waals surface area contributed by atoms with Crippen molar-refractivity contribution in [3.05, 3.63) is 71.2 Å². The molecule has 1 unspecified atom stereocenters. The van der Waals surface area contributed by atoms with Crippen LogP contribution in [0.2, 0.25) is 0 Å². The summed E-state index contributed by atoms with van der Waals surface area (Å²) in [6, 6.07) is 16.2. The number of anilines is 1. The summed E-state index contributed by atoms with van der Waals surface area (Å²) in [6.07, 6.45) is 1.36. The molecule has 2 N–H and O–H groups in total. The van der Waals surface area contributed by atoms with Crippen molar-refractivity contribution in [1.82, 2.24) is 0 Å². The van der Waals surface area contributed by atoms with Crippen molar-refractivity contribution in [2.45, 2.75) is 46.5 Å². The lowest BCUT2D eigenvalue weighted by Crippen LogP contribution is -2.27. The van der Waals surface area contributed by atoms with Gasteiger partial charge in [-0.3, -0.25) is 4.79 Å². The fourth-order valence-corrected chi connectivity index (χ4v) is 4.51. The second-order valence-corrected chi connectivity index (χ2v) is 8.75. The maximum Gasteiger partial charge on any atom is 0.160 e. The smallest absolute Gasteiger partial charge is 0.160 e. The summed E-state index contributed by atoms with van der Waals surface area (Å²) >= 11 is 0. The van der Waals surface area contributed by atoms with E-state index in [9.17, 15) is 4.79 Å². The maximum absolute atomic E-state index is 13.3. The van der Waals surface area contributed by atoms with Gasteiger partial charge in [-0.2, -0.15) is 0 Å². The molecule has 0 spiro atoms. The van der Waals surface area contributed by atoms with Crippen molar-refractivity contribution in [3.8, 4) is 0 Å². The van der Waals surface area contributed by atoms with Gasteiger partial charge >= 0.3 is 0 Å². The first kappa shape index (κ1) is 18.5. The molecule has 0 saturated carbocycles. The molecule has 144 valence electrons. The Labute approximate surface area is 166 Å². The van der Waals surface area contributed by atoms with Crippen molar-refractivity contribution in [2.75, 3.05) is 5.73 Å². The molecule has 1 aromatic heterocycles. The first-order valence-corrected chi connectivity index (χ1v) is 9.87. The molecule has 28 heavy (non-hydrogen) atoms. The molecule has 2 aromatic carbocycles. The predicted molar refractivity (Wildman–Crippen MR) is 115 cm³/mol. The average Bonchev–Trinajstić information content (AvgIpc) is 3.06. The molecule has 3 heteroatoms. The molecule has 0 aliphatic heterocycles. The summed E-state index contributed by atoms with van der Waals surface area (Å²) in [5.41, 5.74) is 10.0. The molecule has 4 rings (SSSR count). The Morgan fingerprint density at radius 3 is 2.50 bits per heavy atom. The number of aryl methyl sites for hydroxylation is 1. The topological polar surface area (TPSA) is 56.2 Å². The van der Waals surface area contributed by atoms with Gasteiger partial charge in [-0.25, -0.2) is 0 Å². The first-order chi connectivity index (χ1) is 13.3. The van der Waals surface area contributed by atoms with Crippen LogP contribution in [0.5, 0.6) is 0 Å². The SMILES string of the molecule is Cc1ccc(C(C)C2=C(c3c(N)ccc4ccccc34)CC(C)(C)CC2=O)o1. The highest BCUT2D eigenvalue weighted by atomic mass is 16.3. The van der Waals surface area contributed by atoms with E-state index >= 15 is 0 Å². The largest absolute Gasteiger partial charge is 0.466 e. The summed E-state index contributed by atoms with van der Waals surface area (Å²) in [6.45, 7) is 8.31. The Hall–Kier alpha value is -2.81. The zero-order valence-electron chi connectivity index (χ0n) is 17.0. The van der Waals surface area contributed by atoms with Crippen LogP contribution in [0.25, 0.3) is 16.3 Å². The van der Waals surface area contributed by atoms with Crippen LogP contribution in [-0.4, -0.2) is 5.78 Å². The molecular formula is C25H27NO2. The van der Waals surface area contributed by atoms with Crippen LogP contribution in [0, 0.1) is 12.3 Å². The lowest BCUT2D eigenvalue weighted by molar-refractivity contribution is -0.118. The zero-order chi connectivity index (χ0) is 20.1. The number of ketones is 1. The highest BCUT2D eigenvalue weighted by Gasteiger charge is 2.37. The van der Waals surface area contributed by atoms with Gasteiger partial charge in [-0.05, 0) is 53.3 Å². The second-order valence-electron chi connectivity index (χ2n) is 8.75. The molecule has 1 heterocycles. The van der Waals surface area contributed by atoms with Crippen molar-refractivity contribution in [1.29, 1.82) is 0 Å². The fourth-order valence-electron chi connectivity index (χ4n) is 4.51. The number of benzene rings is 2. The number of furan rings is 1. The van der Waals surface area contributed by atoms with E-state index in [-0.39, 0.29) is 17.1 Å². The van der Waals surface area contributed by atoms with Crippen molar-refractivity contribution in [2.24, 2.45) is 5.41 Å². The van der Waals surface area contributed by atoms with E-state index in [2.05, 4.69) is 32.9 Å². The number of rotatable bonds is 3. The molecular weight excluding hydrogens is 346 g/mol. The van der Waals surface area contributed by atoms with E-state index in [1.54, 1.807) is 0 Å². The lowest BCUT2D eigenvalue weighted by Gasteiger charge is -2.35. The normalized spacial score (nSPS) is 17.9. The molecule has 1 aliphatic carbocycles. The number of Topliss-reactive ketones (excluding diaryl/α,β-unsaturated/α-hetero) is 1. The molecule has 1 aliphatic rings. The zero-order valence-corrected chi connectivity index (χ0v) is 17.0. The number of hydrogen-bond donors (Lipinski definition) is 1. The van der Waals surface area contributed by atoms with Gasteiger partial charge in [0.2, 0.25) is 0 Å². The minimum absolute atomic E-state index is 0.0991. The van der Waals surface area contributed by atoms with Gasteiger partial charge in [0.05, 0.1) is 0 Å². The van der Waals surface area contributed by atoms with Gasteiger partial charge in [-0.15, -0.1) is 0 Å². The number of nitrogen functional groups attached to an aromatic ring is 1. The summed E-state index contributed by atoms with van der Waals surface area (Å²) in [7, 11) is 0. The Bertz CT molecular complexity index is 1100. The average molecular weight is 373 g/mol. The lowest BCUT2D eigenvalue weighted by atomic mass is 9.68. The first-order valence-electron chi connectivity index (χ1n) is 9.87. The van der Waals surface area contributed by atoms with Crippen LogP contribution in [0.4, 0.5) is 5.69 Å². The minimum atomic E-state index is -0.106. The number of nitrogens with two attached hydrogens (primary N) is 1. The van der Waals surface area contributed by atoms with Gasteiger partial charge in [0.1, 0.15) is 11.5 Å². The van der Waals surface area contributed by atoms with Crippen LogP contribution in [0.1, 0.15) is 56.6 Å². The van der Waals surface area contributed by atoms with Crippen LogP contribution < -0.4 is 5.73 Å². The summed E-state index contributed by atoms with van der Waals surface area (Å²) in [5, 5.41) is 2.24. The highest BCUT2D eigenvalue weighted by molar-refractivity contribution is 6.10. The van der Waals surface area contributed by atoms with Crippen molar-refractivity contribution >= 4 is 27.8 Å². The monoisotopic (exact) mass is 373 g/mol. The Morgan fingerprint density at radius 2 is 1.79 bits per heavy atom. The van der Waals surface area contributed by atoms with Crippen LogP contribution in [0.3, 0.4) is 0 Å². The Morgan fingerprint density at radius 1 is 1.04 bits per heavy atom. The third-order valence-electron chi connectivity index (χ3n) is 5.80. The number of allylic oxidation sites excluding steroid dienone is 2. The Balaban J connectivity index is 2.01. The second kappa shape index (κ2) is 6.66. The molecule has 0 amide bonds. The molecule has 0 fully saturated rings. The third kappa shape index (κ3) is 3.15. The number of hydrogen-bond acceptors (Lipinski definition) is 3. The van der Waals surface area contributed by atoms with Crippen molar-refractivity contribution < 1.29 is 9.21 Å². The highest BCUT2D eigenvalue weighted by Crippen LogP contribution is 2.48. The molecule has 0 bridgehead atoms. The summed E-state index contributed by atoms with van der Waals surface area (Å²) in [5.74, 6) is 1.78. The van der Waals surface area contributed by atoms with Gasteiger partial charge in [0.25, 0.3) is 0 Å². The summed E-state index contributed by atoms with van der Waals surface area (Å²) in [4.78, 5) is 13.3. The van der Waals surface area contributed by atoms with Crippen LogP contribution >= 0.6 is 0 Å². The number of carbonyl (C=O) groups is 1. The van der Waals surface area contributed by atoms with Gasteiger partial charge in [-0.1, -0.05) is 51.1 Å². The van der Waals surface area contributed by atoms with E-state index in [0.717, 1.165) is 51.1 Å². The van der Waals surface area contributed by atoms with E-state index in [0.29, 0.717) is 6.42 Å². The van der Waals surface area contributed by atoms with Gasteiger partial charge in [0, 0.05) is 29.2 Å². The molecule has 0 saturated heterocycles. The quantitative estimate of drug-likeness (QED) is 0.550. The van der Waals surface area contributed by atoms with E-state index in [1.807, 2.05) is 43.3 Å². The van der Waals surface area contributed by atoms with E-state index in [4.69, 9.17) is 10.2 Å². The van der Waals surface area contributed by atoms with E-state index < -0.39 is 0 Å². The molecule has 0 radical (unpaired) electrons.